The molecule has 0 spiro atoms. The molecule has 0 aliphatic carbocycles. The number of rotatable bonds is 8. The van der Waals surface area contributed by atoms with E-state index in [9.17, 15) is 0 Å². The Bertz CT molecular complexity index is 1190. The summed E-state index contributed by atoms with van der Waals surface area (Å²) in [6.07, 6.45) is 3.95. The maximum Gasteiger partial charge on any atom is 0.178 e. The number of hydrogen-bond donors (Lipinski definition) is 3. The first-order chi connectivity index (χ1) is 14.2. The van der Waals surface area contributed by atoms with Gasteiger partial charge in [0.15, 0.2) is 4.77 Å². The molecule has 0 saturated carbocycles. The molecule has 29 heavy (non-hydrogen) atoms. The molecule has 2 aromatic heterocycles. The zero-order valence-electron chi connectivity index (χ0n) is 16.8. The van der Waals surface area contributed by atoms with Gasteiger partial charge in [-0.2, -0.15) is 0 Å². The summed E-state index contributed by atoms with van der Waals surface area (Å²) in [7, 11) is 0. The third-order valence-electron chi connectivity index (χ3n) is 5.16. The average molecular weight is 407 g/mol. The van der Waals surface area contributed by atoms with Crippen LogP contribution in [0.5, 0.6) is 0 Å². The van der Waals surface area contributed by atoms with Crippen LogP contribution < -0.4 is 10.6 Å². The number of H-pyrrole nitrogens is 1. The van der Waals surface area contributed by atoms with E-state index in [-0.39, 0.29) is 0 Å². The van der Waals surface area contributed by atoms with Crippen molar-refractivity contribution in [3.8, 4) is 0 Å². The number of unbranched alkanes of at least 4 members (excludes halogenated alkanes) is 1. The number of aromatic amines is 1. The van der Waals surface area contributed by atoms with Gasteiger partial charge < -0.3 is 20.2 Å². The van der Waals surface area contributed by atoms with E-state index >= 15 is 0 Å². The van der Waals surface area contributed by atoms with Crippen LogP contribution in [0.3, 0.4) is 0 Å². The van der Waals surface area contributed by atoms with E-state index in [4.69, 9.17) is 12.2 Å². The van der Waals surface area contributed by atoms with Gasteiger partial charge in [-0.25, -0.2) is 9.97 Å². The Kier molecular flexibility index (Phi) is 5.76. The van der Waals surface area contributed by atoms with Gasteiger partial charge in [-0.3, -0.25) is 0 Å². The number of para-hydroxylation sites is 1. The molecular weight excluding hydrogens is 380 g/mol. The minimum atomic E-state index is 0.686. The van der Waals surface area contributed by atoms with Gasteiger partial charge in [0.25, 0.3) is 0 Å². The first-order valence-corrected chi connectivity index (χ1v) is 10.5. The summed E-state index contributed by atoms with van der Waals surface area (Å²) in [6, 6.07) is 12.6. The van der Waals surface area contributed by atoms with Gasteiger partial charge in [0.2, 0.25) is 0 Å². The topological polar surface area (TPSA) is 70.6 Å². The molecule has 0 fully saturated rings. The molecule has 0 aliphatic rings. The summed E-state index contributed by atoms with van der Waals surface area (Å²) in [4.78, 5) is 12.3. The molecule has 2 aromatic carbocycles. The molecule has 2 heterocycles. The summed E-state index contributed by atoms with van der Waals surface area (Å²) in [5.41, 5.74) is 5.36. The molecule has 4 aromatic rings. The molecule has 6 nitrogen and oxygen atoms in total. The smallest absolute Gasteiger partial charge is 0.178 e. The molecule has 0 aliphatic heterocycles. The summed E-state index contributed by atoms with van der Waals surface area (Å²) < 4.78 is 2.81. The van der Waals surface area contributed by atoms with Crippen molar-refractivity contribution in [3.05, 3.63) is 53.1 Å². The minimum Gasteiger partial charge on any atom is -0.385 e. The number of benzene rings is 2. The summed E-state index contributed by atoms with van der Waals surface area (Å²) in [6.45, 7) is 6.78. The van der Waals surface area contributed by atoms with Gasteiger partial charge in [-0.05, 0) is 49.3 Å². The Morgan fingerprint density at radius 1 is 1.10 bits per heavy atom. The van der Waals surface area contributed by atoms with Crippen LogP contribution in [0.15, 0.2) is 42.7 Å². The molecule has 4 rings (SSSR count). The number of fused-ring (bicyclic) bond motifs is 2. The number of nitrogens with one attached hydrogen (secondary N) is 3. The summed E-state index contributed by atoms with van der Waals surface area (Å²) in [5.74, 6) is 0.823. The number of anilines is 2. The third-order valence-corrected chi connectivity index (χ3v) is 5.48. The highest BCUT2D eigenvalue weighted by atomic mass is 32.1. The highest BCUT2D eigenvalue weighted by molar-refractivity contribution is 7.71. The molecule has 0 bridgehead atoms. The normalized spacial score (nSPS) is 11.2. The monoisotopic (exact) mass is 406 g/mol. The second kappa shape index (κ2) is 8.61. The Labute approximate surface area is 175 Å². The number of aryl methyl sites for hydroxylation is 1. The lowest BCUT2D eigenvalue weighted by Gasteiger charge is -2.14. The number of hydrogen-bond acceptors (Lipinski definition) is 5. The van der Waals surface area contributed by atoms with Crippen LogP contribution in [-0.2, 0) is 13.1 Å². The molecule has 0 atom stereocenters. The first kappa shape index (κ1) is 19.4. The Hall–Kier alpha value is -2.93. The highest BCUT2D eigenvalue weighted by Crippen LogP contribution is 2.26. The SMILES string of the molecule is CCCCNc1ccccc1CNc1ncnc2cc3c(cc12)[nH]c(=S)n3CC. The highest BCUT2D eigenvalue weighted by Gasteiger charge is 2.10. The van der Waals surface area contributed by atoms with Gasteiger partial charge >= 0.3 is 0 Å². The van der Waals surface area contributed by atoms with Crippen LogP contribution in [0.4, 0.5) is 11.5 Å². The van der Waals surface area contributed by atoms with Crippen LogP contribution in [0, 0.1) is 4.77 Å². The van der Waals surface area contributed by atoms with Gasteiger partial charge in [0.05, 0.1) is 16.6 Å². The van der Waals surface area contributed by atoms with Crippen molar-refractivity contribution in [1.29, 1.82) is 0 Å². The molecule has 0 unspecified atom stereocenters. The number of nitrogens with zero attached hydrogens (tertiary/aromatic N) is 3. The van der Waals surface area contributed by atoms with Crippen LogP contribution in [-0.4, -0.2) is 26.1 Å². The van der Waals surface area contributed by atoms with Crippen LogP contribution in [0.2, 0.25) is 0 Å². The Morgan fingerprint density at radius 3 is 2.79 bits per heavy atom. The Morgan fingerprint density at radius 2 is 1.97 bits per heavy atom. The number of aromatic nitrogens is 4. The molecule has 7 heteroatoms. The minimum absolute atomic E-state index is 0.686. The van der Waals surface area contributed by atoms with Crippen LogP contribution in [0.1, 0.15) is 32.3 Å². The fourth-order valence-corrected chi connectivity index (χ4v) is 3.93. The van der Waals surface area contributed by atoms with Crippen molar-refractivity contribution >= 4 is 45.7 Å². The average Bonchev–Trinajstić information content (AvgIpc) is 3.05. The fourth-order valence-electron chi connectivity index (χ4n) is 3.59. The number of imidazole rings is 1. The van der Waals surface area contributed by atoms with Crippen molar-refractivity contribution in [1.82, 2.24) is 19.5 Å². The van der Waals surface area contributed by atoms with Crippen molar-refractivity contribution in [2.24, 2.45) is 0 Å². The standard InChI is InChI=1S/C22H26N6S/c1-3-5-10-23-17-9-7-6-8-15(17)13-24-21-16-11-19-20(12-18(16)25-14-26-21)28(4-2)22(29)27-19/h6-9,11-12,14,23H,3-5,10,13H2,1-2H3,(H,27,29)(H,24,25,26). The van der Waals surface area contributed by atoms with E-state index < -0.39 is 0 Å². The molecule has 3 N–H and O–H groups in total. The predicted molar refractivity (Wildman–Crippen MR) is 123 cm³/mol. The lowest BCUT2D eigenvalue weighted by atomic mass is 10.1. The fraction of sp³-hybridized carbons (Fsp3) is 0.318. The van der Waals surface area contributed by atoms with Crippen molar-refractivity contribution in [2.75, 3.05) is 17.2 Å². The van der Waals surface area contributed by atoms with E-state index in [1.165, 1.54) is 17.7 Å². The van der Waals surface area contributed by atoms with E-state index in [1.807, 2.05) is 0 Å². The van der Waals surface area contributed by atoms with Crippen LogP contribution in [0.25, 0.3) is 21.9 Å². The third kappa shape index (κ3) is 3.96. The Balaban J connectivity index is 1.64. The maximum atomic E-state index is 5.45. The van der Waals surface area contributed by atoms with Gasteiger partial charge in [0, 0.05) is 30.7 Å². The van der Waals surface area contributed by atoms with Crippen molar-refractivity contribution in [2.45, 2.75) is 39.8 Å². The second-order valence-electron chi connectivity index (χ2n) is 7.07. The van der Waals surface area contributed by atoms with E-state index in [1.54, 1.807) is 6.33 Å². The van der Waals surface area contributed by atoms with Gasteiger partial charge in [-0.15, -0.1) is 0 Å². The molecule has 0 saturated heterocycles. The predicted octanol–water partition coefficient (Wildman–Crippen LogP) is 5.49. The van der Waals surface area contributed by atoms with E-state index in [2.05, 4.69) is 80.4 Å². The van der Waals surface area contributed by atoms with E-state index in [0.29, 0.717) is 6.54 Å². The second-order valence-corrected chi connectivity index (χ2v) is 7.46. The lowest BCUT2D eigenvalue weighted by molar-refractivity contribution is 0.774. The quantitative estimate of drug-likeness (QED) is 0.267. The van der Waals surface area contributed by atoms with E-state index in [0.717, 1.165) is 52.0 Å². The largest absolute Gasteiger partial charge is 0.385 e. The zero-order chi connectivity index (χ0) is 20.2. The first-order valence-electron chi connectivity index (χ1n) is 10.1. The van der Waals surface area contributed by atoms with Gasteiger partial charge in [-0.1, -0.05) is 31.5 Å². The summed E-state index contributed by atoms with van der Waals surface area (Å²) in [5, 5.41) is 8.01. The molecule has 0 radical (unpaired) electrons. The molecule has 150 valence electrons. The maximum absolute atomic E-state index is 5.45. The van der Waals surface area contributed by atoms with Crippen LogP contribution >= 0.6 is 12.2 Å². The zero-order valence-corrected chi connectivity index (χ0v) is 17.6. The molecule has 0 amide bonds. The van der Waals surface area contributed by atoms with Crippen molar-refractivity contribution in [3.63, 3.8) is 0 Å². The summed E-state index contributed by atoms with van der Waals surface area (Å²) >= 11 is 5.45. The lowest BCUT2D eigenvalue weighted by Crippen LogP contribution is -2.08. The van der Waals surface area contributed by atoms with Gasteiger partial charge in [0.1, 0.15) is 12.1 Å². The molecular formula is C22H26N6S. The van der Waals surface area contributed by atoms with Crippen molar-refractivity contribution < 1.29 is 0 Å².